The highest BCUT2D eigenvalue weighted by atomic mass is 32.1. The standard InChI is InChI=1S/C18H19FN2O2S/c1-12(2)11-23-16-10-6-3-7-13(16)17(22)21-18(24)20-15-9-5-4-8-14(15)19/h3-10,12H,11H2,1-2H3,(H2,20,21,22,24). The molecule has 0 heterocycles. The molecule has 4 nitrogen and oxygen atoms in total. The Bertz CT molecular complexity index is 734. The number of thiocarbonyl (C=S) groups is 1. The number of amides is 1. The van der Waals surface area contributed by atoms with Gasteiger partial charge in [0, 0.05) is 0 Å². The van der Waals surface area contributed by atoms with Crippen molar-refractivity contribution in [1.29, 1.82) is 0 Å². The first-order valence-electron chi connectivity index (χ1n) is 7.56. The summed E-state index contributed by atoms with van der Waals surface area (Å²) in [5, 5.41) is 5.22. The Morgan fingerprint density at radius 2 is 1.83 bits per heavy atom. The number of hydrogen-bond donors (Lipinski definition) is 2. The second-order valence-electron chi connectivity index (χ2n) is 5.59. The molecule has 0 saturated carbocycles. The molecular formula is C18H19FN2O2S. The molecule has 0 saturated heterocycles. The van der Waals surface area contributed by atoms with E-state index in [9.17, 15) is 9.18 Å². The van der Waals surface area contributed by atoms with Gasteiger partial charge in [0.15, 0.2) is 5.11 Å². The molecule has 0 aliphatic carbocycles. The van der Waals surface area contributed by atoms with Crippen LogP contribution in [0.2, 0.25) is 0 Å². The third kappa shape index (κ3) is 5.03. The molecule has 0 atom stereocenters. The minimum absolute atomic E-state index is 0.0174. The van der Waals surface area contributed by atoms with Crippen LogP contribution in [-0.4, -0.2) is 17.6 Å². The fourth-order valence-corrected chi connectivity index (χ4v) is 2.13. The zero-order valence-corrected chi connectivity index (χ0v) is 14.3. The molecule has 0 radical (unpaired) electrons. The predicted octanol–water partition coefficient (Wildman–Crippen LogP) is 3.99. The second kappa shape index (κ2) is 8.40. The summed E-state index contributed by atoms with van der Waals surface area (Å²) in [4.78, 5) is 12.4. The molecular weight excluding hydrogens is 327 g/mol. The van der Waals surface area contributed by atoms with Gasteiger partial charge in [0.2, 0.25) is 0 Å². The first-order valence-corrected chi connectivity index (χ1v) is 7.97. The summed E-state index contributed by atoms with van der Waals surface area (Å²) in [6.07, 6.45) is 0. The van der Waals surface area contributed by atoms with E-state index < -0.39 is 11.7 Å². The number of rotatable bonds is 5. The van der Waals surface area contributed by atoms with E-state index in [-0.39, 0.29) is 10.8 Å². The van der Waals surface area contributed by atoms with Gasteiger partial charge < -0.3 is 10.1 Å². The molecule has 2 aromatic rings. The molecule has 0 spiro atoms. The SMILES string of the molecule is CC(C)COc1ccccc1C(=O)NC(=S)Nc1ccccc1F. The lowest BCUT2D eigenvalue weighted by molar-refractivity contribution is 0.0973. The number of carbonyl (C=O) groups is 1. The molecule has 2 rings (SSSR count). The van der Waals surface area contributed by atoms with Crippen molar-refractivity contribution < 1.29 is 13.9 Å². The fraction of sp³-hybridized carbons (Fsp3) is 0.222. The van der Waals surface area contributed by atoms with Crippen LogP contribution in [0.5, 0.6) is 5.75 Å². The normalized spacial score (nSPS) is 10.3. The Hall–Kier alpha value is -2.47. The summed E-state index contributed by atoms with van der Waals surface area (Å²) >= 11 is 5.07. The highest BCUT2D eigenvalue weighted by molar-refractivity contribution is 7.80. The van der Waals surface area contributed by atoms with Gasteiger partial charge >= 0.3 is 0 Å². The van der Waals surface area contributed by atoms with Gasteiger partial charge in [-0.05, 0) is 42.4 Å². The van der Waals surface area contributed by atoms with Crippen molar-refractivity contribution in [3.63, 3.8) is 0 Å². The van der Waals surface area contributed by atoms with E-state index in [1.165, 1.54) is 12.1 Å². The Labute approximate surface area is 146 Å². The number of anilines is 1. The molecule has 1 amide bonds. The zero-order valence-electron chi connectivity index (χ0n) is 13.5. The highest BCUT2D eigenvalue weighted by Crippen LogP contribution is 2.19. The van der Waals surface area contributed by atoms with E-state index in [4.69, 9.17) is 17.0 Å². The Balaban J connectivity index is 2.04. The molecule has 24 heavy (non-hydrogen) atoms. The van der Waals surface area contributed by atoms with Crippen LogP contribution in [0.1, 0.15) is 24.2 Å². The smallest absolute Gasteiger partial charge is 0.261 e. The summed E-state index contributed by atoms with van der Waals surface area (Å²) in [5.41, 5.74) is 0.572. The summed E-state index contributed by atoms with van der Waals surface area (Å²) in [7, 11) is 0. The van der Waals surface area contributed by atoms with Gasteiger partial charge in [-0.3, -0.25) is 10.1 Å². The second-order valence-corrected chi connectivity index (χ2v) is 6.00. The monoisotopic (exact) mass is 346 g/mol. The molecule has 0 bridgehead atoms. The third-order valence-corrected chi connectivity index (χ3v) is 3.26. The zero-order chi connectivity index (χ0) is 17.5. The maximum Gasteiger partial charge on any atom is 0.261 e. The van der Waals surface area contributed by atoms with Crippen molar-refractivity contribution in [2.75, 3.05) is 11.9 Å². The first-order chi connectivity index (χ1) is 11.5. The first kappa shape index (κ1) is 17.9. The molecule has 0 unspecified atom stereocenters. The third-order valence-electron chi connectivity index (χ3n) is 3.05. The van der Waals surface area contributed by atoms with E-state index >= 15 is 0 Å². The quantitative estimate of drug-likeness (QED) is 0.804. The van der Waals surface area contributed by atoms with Crippen LogP contribution in [0.3, 0.4) is 0 Å². The van der Waals surface area contributed by atoms with E-state index in [0.29, 0.717) is 23.8 Å². The summed E-state index contributed by atoms with van der Waals surface area (Å²) in [5.74, 6) is -0.0414. The Kier molecular flexibility index (Phi) is 6.26. The van der Waals surface area contributed by atoms with Crippen LogP contribution >= 0.6 is 12.2 Å². The van der Waals surface area contributed by atoms with Crippen molar-refractivity contribution in [2.45, 2.75) is 13.8 Å². The van der Waals surface area contributed by atoms with Gasteiger partial charge in [-0.15, -0.1) is 0 Å². The van der Waals surface area contributed by atoms with E-state index in [2.05, 4.69) is 10.6 Å². The molecule has 0 fully saturated rings. The van der Waals surface area contributed by atoms with Gasteiger partial charge in [-0.2, -0.15) is 0 Å². The molecule has 0 aliphatic rings. The van der Waals surface area contributed by atoms with Crippen LogP contribution < -0.4 is 15.4 Å². The van der Waals surface area contributed by atoms with Crippen molar-refractivity contribution in [3.05, 3.63) is 59.9 Å². The van der Waals surface area contributed by atoms with Crippen LogP contribution in [0.25, 0.3) is 0 Å². The summed E-state index contributed by atoms with van der Waals surface area (Å²) in [6, 6.07) is 13.0. The van der Waals surface area contributed by atoms with Crippen LogP contribution in [0.4, 0.5) is 10.1 Å². The highest BCUT2D eigenvalue weighted by Gasteiger charge is 2.14. The van der Waals surface area contributed by atoms with Gasteiger partial charge in [-0.1, -0.05) is 38.1 Å². The average molecular weight is 346 g/mol. The minimum Gasteiger partial charge on any atom is -0.492 e. The van der Waals surface area contributed by atoms with Crippen LogP contribution in [0, 0.1) is 11.7 Å². The molecule has 0 aromatic heterocycles. The van der Waals surface area contributed by atoms with Gasteiger partial charge in [0.25, 0.3) is 5.91 Å². The van der Waals surface area contributed by atoms with Gasteiger partial charge in [0.1, 0.15) is 11.6 Å². The molecule has 0 aliphatic heterocycles. The van der Waals surface area contributed by atoms with Crippen molar-refractivity contribution >= 4 is 28.9 Å². The van der Waals surface area contributed by atoms with E-state index in [1.807, 2.05) is 13.8 Å². The van der Waals surface area contributed by atoms with Crippen molar-refractivity contribution in [2.24, 2.45) is 5.92 Å². The number of para-hydroxylation sites is 2. The van der Waals surface area contributed by atoms with Crippen LogP contribution in [0.15, 0.2) is 48.5 Å². The number of carbonyl (C=O) groups excluding carboxylic acids is 1. The average Bonchev–Trinajstić information content (AvgIpc) is 2.55. The maximum absolute atomic E-state index is 13.6. The Morgan fingerprint density at radius 1 is 1.17 bits per heavy atom. The van der Waals surface area contributed by atoms with Gasteiger partial charge in [0.05, 0.1) is 17.9 Å². The maximum atomic E-state index is 13.6. The molecule has 126 valence electrons. The number of ether oxygens (including phenoxy) is 1. The number of hydrogen-bond acceptors (Lipinski definition) is 3. The topological polar surface area (TPSA) is 50.4 Å². The minimum atomic E-state index is -0.449. The van der Waals surface area contributed by atoms with Crippen molar-refractivity contribution in [3.8, 4) is 5.75 Å². The number of nitrogens with one attached hydrogen (secondary N) is 2. The Morgan fingerprint density at radius 3 is 2.54 bits per heavy atom. The largest absolute Gasteiger partial charge is 0.492 e. The number of halogens is 1. The van der Waals surface area contributed by atoms with Gasteiger partial charge in [-0.25, -0.2) is 4.39 Å². The van der Waals surface area contributed by atoms with Crippen molar-refractivity contribution in [1.82, 2.24) is 5.32 Å². The summed E-state index contributed by atoms with van der Waals surface area (Å²) in [6.45, 7) is 4.55. The lowest BCUT2D eigenvalue weighted by atomic mass is 10.2. The lowest BCUT2D eigenvalue weighted by Crippen LogP contribution is -2.34. The van der Waals surface area contributed by atoms with E-state index in [1.54, 1.807) is 36.4 Å². The fourth-order valence-electron chi connectivity index (χ4n) is 1.92. The van der Waals surface area contributed by atoms with E-state index in [0.717, 1.165) is 0 Å². The lowest BCUT2D eigenvalue weighted by Gasteiger charge is -2.14. The molecule has 6 heteroatoms. The summed E-state index contributed by atoms with van der Waals surface area (Å²) < 4.78 is 19.2. The number of benzene rings is 2. The molecule has 2 aromatic carbocycles. The van der Waals surface area contributed by atoms with Crippen LogP contribution in [-0.2, 0) is 0 Å². The predicted molar refractivity (Wildman–Crippen MR) is 96.9 cm³/mol. The molecule has 2 N–H and O–H groups in total.